The smallest absolute Gasteiger partial charge is 0.243 e. The number of nitrogens with one attached hydrogen (secondary N) is 2. The molecule has 0 radical (unpaired) electrons. The van der Waals surface area contributed by atoms with Gasteiger partial charge in [-0.05, 0) is 24.5 Å². The molecule has 0 saturated heterocycles. The number of amides is 1. The first-order chi connectivity index (χ1) is 9.61. The fourth-order valence-corrected chi connectivity index (χ4v) is 2.38. The molecule has 4 heteroatoms. The molecule has 1 amide bonds. The van der Waals surface area contributed by atoms with Crippen molar-refractivity contribution in [3.63, 3.8) is 0 Å². The third-order valence-corrected chi connectivity index (χ3v) is 3.72. The van der Waals surface area contributed by atoms with Gasteiger partial charge in [0.2, 0.25) is 5.91 Å². The Morgan fingerprint density at radius 2 is 2.20 bits per heavy atom. The summed E-state index contributed by atoms with van der Waals surface area (Å²) in [6, 6.07) is 7.96. The van der Waals surface area contributed by atoms with Crippen LogP contribution in [-0.2, 0) is 16.0 Å². The van der Waals surface area contributed by atoms with Crippen molar-refractivity contribution in [2.24, 2.45) is 5.92 Å². The van der Waals surface area contributed by atoms with Crippen LogP contribution in [0, 0.1) is 5.92 Å². The number of benzene rings is 1. The molecule has 1 aromatic rings. The van der Waals surface area contributed by atoms with Crippen LogP contribution in [0.25, 0.3) is 0 Å². The molecular weight excluding hydrogens is 252 g/mol. The van der Waals surface area contributed by atoms with Crippen molar-refractivity contribution < 1.29 is 9.53 Å². The van der Waals surface area contributed by atoms with E-state index in [2.05, 4.69) is 30.5 Å². The first-order valence-electron chi connectivity index (χ1n) is 7.34. The van der Waals surface area contributed by atoms with Crippen molar-refractivity contribution in [3.8, 4) is 0 Å². The molecule has 0 aromatic heterocycles. The van der Waals surface area contributed by atoms with Crippen LogP contribution >= 0.6 is 0 Å². The fourth-order valence-electron chi connectivity index (χ4n) is 2.38. The van der Waals surface area contributed by atoms with E-state index in [1.165, 1.54) is 5.56 Å². The van der Waals surface area contributed by atoms with Gasteiger partial charge in [-0.3, -0.25) is 4.79 Å². The van der Waals surface area contributed by atoms with Gasteiger partial charge >= 0.3 is 0 Å². The van der Waals surface area contributed by atoms with Crippen LogP contribution in [0.4, 0.5) is 5.69 Å². The van der Waals surface area contributed by atoms with Gasteiger partial charge in [0.25, 0.3) is 0 Å². The Hall–Kier alpha value is -1.55. The number of ether oxygens (including phenoxy) is 1. The highest BCUT2D eigenvalue weighted by Crippen LogP contribution is 2.25. The monoisotopic (exact) mass is 276 g/mol. The molecule has 2 atom stereocenters. The normalized spacial score (nSPS) is 18.5. The quantitative estimate of drug-likeness (QED) is 0.837. The lowest BCUT2D eigenvalue weighted by Crippen LogP contribution is -2.48. The van der Waals surface area contributed by atoms with Gasteiger partial charge in [0, 0.05) is 18.7 Å². The number of para-hydroxylation sites is 1. The number of hydrogen-bond acceptors (Lipinski definition) is 3. The Bertz CT molecular complexity index is 435. The largest absolute Gasteiger partial charge is 0.380 e. The summed E-state index contributed by atoms with van der Waals surface area (Å²) in [5, 5.41) is 6.38. The number of carbonyl (C=O) groups is 1. The molecule has 0 aliphatic carbocycles. The summed E-state index contributed by atoms with van der Waals surface area (Å²) in [7, 11) is 0. The predicted molar refractivity (Wildman–Crippen MR) is 80.8 cm³/mol. The van der Waals surface area contributed by atoms with E-state index in [0.29, 0.717) is 19.1 Å². The average molecular weight is 276 g/mol. The van der Waals surface area contributed by atoms with E-state index in [4.69, 9.17) is 4.74 Å². The minimum Gasteiger partial charge on any atom is -0.380 e. The number of anilines is 1. The zero-order chi connectivity index (χ0) is 14.5. The predicted octanol–water partition coefficient (Wildman–Crippen LogP) is 2.20. The third kappa shape index (κ3) is 3.51. The molecular formula is C16H24N2O2. The molecule has 1 aliphatic rings. The van der Waals surface area contributed by atoms with Crippen molar-refractivity contribution >= 4 is 11.6 Å². The third-order valence-electron chi connectivity index (χ3n) is 3.72. The second kappa shape index (κ2) is 6.75. The average Bonchev–Trinajstić information content (AvgIpc) is 2.86. The van der Waals surface area contributed by atoms with Crippen LogP contribution < -0.4 is 10.6 Å². The molecule has 20 heavy (non-hydrogen) atoms. The Balaban J connectivity index is 1.92. The minimum atomic E-state index is -0.171. The van der Waals surface area contributed by atoms with Crippen LogP contribution in [0.3, 0.4) is 0 Å². The van der Waals surface area contributed by atoms with Gasteiger partial charge in [-0.15, -0.1) is 0 Å². The van der Waals surface area contributed by atoms with E-state index in [1.54, 1.807) is 0 Å². The zero-order valence-corrected chi connectivity index (χ0v) is 12.5. The van der Waals surface area contributed by atoms with Gasteiger partial charge < -0.3 is 15.4 Å². The summed E-state index contributed by atoms with van der Waals surface area (Å²) in [4.78, 5) is 12.4. The molecule has 0 spiro atoms. The van der Waals surface area contributed by atoms with Crippen LogP contribution in [0.2, 0.25) is 0 Å². The Labute approximate surface area is 120 Å². The number of hydrogen-bond donors (Lipinski definition) is 2. The van der Waals surface area contributed by atoms with E-state index < -0.39 is 0 Å². The lowest BCUT2D eigenvalue weighted by Gasteiger charge is -2.24. The highest BCUT2D eigenvalue weighted by atomic mass is 16.5. The number of rotatable bonds is 6. The number of carbonyl (C=O) groups excluding carboxylic acids is 1. The highest BCUT2D eigenvalue weighted by Gasteiger charge is 2.28. The van der Waals surface area contributed by atoms with Crippen LogP contribution in [0.15, 0.2) is 24.3 Å². The summed E-state index contributed by atoms with van der Waals surface area (Å²) in [5.41, 5.74) is 2.28. The van der Waals surface area contributed by atoms with Crippen molar-refractivity contribution in [2.45, 2.75) is 39.3 Å². The molecule has 0 saturated carbocycles. The van der Waals surface area contributed by atoms with E-state index in [0.717, 1.165) is 12.1 Å². The van der Waals surface area contributed by atoms with E-state index in [1.807, 2.05) is 25.1 Å². The summed E-state index contributed by atoms with van der Waals surface area (Å²) >= 11 is 0. The maximum Gasteiger partial charge on any atom is 0.243 e. The maximum absolute atomic E-state index is 12.4. The van der Waals surface area contributed by atoms with Crippen molar-refractivity contribution in [3.05, 3.63) is 29.8 Å². The van der Waals surface area contributed by atoms with Gasteiger partial charge in [0.1, 0.15) is 6.04 Å². The Morgan fingerprint density at radius 3 is 2.85 bits per heavy atom. The van der Waals surface area contributed by atoms with Gasteiger partial charge in [0.05, 0.1) is 12.6 Å². The van der Waals surface area contributed by atoms with Crippen molar-refractivity contribution in [1.29, 1.82) is 0 Å². The van der Waals surface area contributed by atoms with E-state index in [9.17, 15) is 4.79 Å². The summed E-state index contributed by atoms with van der Waals surface area (Å²) in [5.74, 6) is 0.411. The highest BCUT2D eigenvalue weighted by molar-refractivity contribution is 5.87. The standard InChI is InChI=1S/C16H24N2O2/c1-4-20-10-15(11(2)3)18-16(19)14-9-12-7-5-6-8-13(12)17-14/h5-8,11,14-15,17H,4,9-10H2,1-3H3,(H,18,19)/t14-,15?/m0/s1. The van der Waals surface area contributed by atoms with Crippen LogP contribution in [-0.4, -0.2) is 31.2 Å². The molecule has 2 N–H and O–H groups in total. The molecule has 0 fully saturated rings. The number of fused-ring (bicyclic) bond motifs is 1. The van der Waals surface area contributed by atoms with Gasteiger partial charge in [-0.1, -0.05) is 32.0 Å². The second-order valence-electron chi connectivity index (χ2n) is 5.58. The Kier molecular flexibility index (Phi) is 5.01. The first kappa shape index (κ1) is 14.9. The molecule has 1 aromatic carbocycles. The molecule has 1 unspecified atom stereocenters. The fraction of sp³-hybridized carbons (Fsp3) is 0.562. The van der Waals surface area contributed by atoms with E-state index in [-0.39, 0.29) is 18.0 Å². The lowest BCUT2D eigenvalue weighted by atomic mass is 10.0. The van der Waals surface area contributed by atoms with Gasteiger partial charge in [-0.2, -0.15) is 0 Å². The SMILES string of the molecule is CCOCC(NC(=O)[C@@H]1Cc2ccccc2N1)C(C)C. The molecule has 0 bridgehead atoms. The van der Waals surface area contributed by atoms with Crippen LogP contribution in [0.1, 0.15) is 26.3 Å². The topological polar surface area (TPSA) is 50.4 Å². The summed E-state index contributed by atoms with van der Waals surface area (Å²) in [6.45, 7) is 7.40. The summed E-state index contributed by atoms with van der Waals surface area (Å²) < 4.78 is 5.45. The molecule has 4 nitrogen and oxygen atoms in total. The molecule has 110 valence electrons. The summed E-state index contributed by atoms with van der Waals surface area (Å²) in [6.07, 6.45) is 0.751. The van der Waals surface area contributed by atoms with Gasteiger partial charge in [0.15, 0.2) is 0 Å². The minimum absolute atomic E-state index is 0.0552. The lowest BCUT2D eigenvalue weighted by molar-refractivity contribution is -0.123. The maximum atomic E-state index is 12.4. The Morgan fingerprint density at radius 1 is 1.45 bits per heavy atom. The first-order valence-corrected chi connectivity index (χ1v) is 7.34. The van der Waals surface area contributed by atoms with Crippen LogP contribution in [0.5, 0.6) is 0 Å². The zero-order valence-electron chi connectivity index (χ0n) is 12.5. The molecule has 1 aliphatic heterocycles. The van der Waals surface area contributed by atoms with Crippen molar-refractivity contribution in [2.75, 3.05) is 18.5 Å². The molecule has 2 rings (SSSR count). The van der Waals surface area contributed by atoms with Crippen molar-refractivity contribution in [1.82, 2.24) is 5.32 Å². The van der Waals surface area contributed by atoms with Gasteiger partial charge in [-0.25, -0.2) is 0 Å². The second-order valence-corrected chi connectivity index (χ2v) is 5.58. The molecule has 1 heterocycles. The van der Waals surface area contributed by atoms with E-state index >= 15 is 0 Å².